The van der Waals surface area contributed by atoms with E-state index in [2.05, 4.69) is 39.0 Å². The van der Waals surface area contributed by atoms with Crippen LogP contribution in [-0.2, 0) is 5.41 Å². The van der Waals surface area contributed by atoms with Gasteiger partial charge in [-0.15, -0.1) is 0 Å². The van der Waals surface area contributed by atoms with Crippen molar-refractivity contribution in [1.29, 1.82) is 0 Å². The van der Waals surface area contributed by atoms with Crippen molar-refractivity contribution in [2.24, 2.45) is 17.8 Å². The van der Waals surface area contributed by atoms with Gasteiger partial charge in [0.2, 0.25) is 0 Å². The van der Waals surface area contributed by atoms with Gasteiger partial charge in [0.1, 0.15) is 0 Å². The maximum atomic E-state index is 6.34. The summed E-state index contributed by atoms with van der Waals surface area (Å²) in [7, 11) is 0. The molecule has 0 aromatic heterocycles. The van der Waals surface area contributed by atoms with Crippen LogP contribution in [0, 0.1) is 24.7 Å². The van der Waals surface area contributed by atoms with E-state index in [1.165, 1.54) is 43.2 Å². The van der Waals surface area contributed by atoms with Gasteiger partial charge in [0.15, 0.2) is 0 Å². The molecule has 104 valence electrons. The van der Waals surface area contributed by atoms with Crippen LogP contribution in [0.5, 0.6) is 0 Å². The van der Waals surface area contributed by atoms with Gasteiger partial charge in [0.25, 0.3) is 0 Å². The summed E-state index contributed by atoms with van der Waals surface area (Å²) in [5.41, 5.74) is 3.01. The minimum atomic E-state index is 0.352. The van der Waals surface area contributed by atoms with Crippen molar-refractivity contribution in [1.82, 2.24) is 0 Å². The normalized spacial score (nSPS) is 38.2. The Labute approximate surface area is 122 Å². The summed E-state index contributed by atoms with van der Waals surface area (Å²) < 4.78 is 0. The van der Waals surface area contributed by atoms with Crippen LogP contribution in [0.2, 0.25) is 5.02 Å². The third-order valence-electron chi connectivity index (χ3n) is 5.49. The van der Waals surface area contributed by atoms with Crippen LogP contribution in [-0.4, -0.2) is 0 Å². The van der Waals surface area contributed by atoms with Crippen molar-refractivity contribution < 1.29 is 0 Å². The van der Waals surface area contributed by atoms with Crippen molar-refractivity contribution in [3.05, 3.63) is 34.3 Å². The number of aryl methyl sites for hydroxylation is 1. The first kappa shape index (κ1) is 13.5. The number of rotatable bonds is 1. The van der Waals surface area contributed by atoms with Crippen molar-refractivity contribution in [3.8, 4) is 0 Å². The zero-order valence-corrected chi connectivity index (χ0v) is 13.1. The number of halogens is 1. The Hall–Kier alpha value is -0.490. The highest BCUT2D eigenvalue weighted by Gasteiger charge is 2.41. The average Bonchev–Trinajstić information content (AvgIpc) is 2.30. The van der Waals surface area contributed by atoms with E-state index in [-0.39, 0.29) is 0 Å². The smallest absolute Gasteiger partial charge is 0.0438 e. The second-order valence-electron chi connectivity index (χ2n) is 7.48. The van der Waals surface area contributed by atoms with Crippen LogP contribution in [0.25, 0.3) is 0 Å². The molecule has 2 unspecified atom stereocenters. The summed E-state index contributed by atoms with van der Waals surface area (Å²) in [4.78, 5) is 0. The Morgan fingerprint density at radius 1 is 1.11 bits per heavy atom. The second kappa shape index (κ2) is 4.81. The van der Waals surface area contributed by atoms with Gasteiger partial charge in [0.05, 0.1) is 0 Å². The lowest BCUT2D eigenvalue weighted by Crippen LogP contribution is -2.38. The Bertz CT molecular complexity index is 459. The van der Waals surface area contributed by atoms with Gasteiger partial charge in [-0.05, 0) is 79.4 Å². The molecule has 1 aromatic carbocycles. The number of hydrogen-bond donors (Lipinski definition) is 0. The minimum absolute atomic E-state index is 0.352. The molecule has 0 nitrogen and oxygen atoms in total. The van der Waals surface area contributed by atoms with Gasteiger partial charge >= 0.3 is 0 Å². The summed E-state index contributed by atoms with van der Waals surface area (Å²) in [6.07, 6.45) is 7.05. The molecule has 3 rings (SSSR count). The van der Waals surface area contributed by atoms with E-state index in [1.54, 1.807) is 0 Å². The molecular weight excluding hydrogens is 252 g/mol. The van der Waals surface area contributed by atoms with Crippen LogP contribution in [0.1, 0.15) is 57.1 Å². The minimum Gasteiger partial charge on any atom is -0.0840 e. The van der Waals surface area contributed by atoms with Crippen LogP contribution >= 0.6 is 11.6 Å². The molecule has 0 radical (unpaired) electrons. The van der Waals surface area contributed by atoms with E-state index in [4.69, 9.17) is 11.6 Å². The Balaban J connectivity index is 1.89. The first-order chi connectivity index (χ1) is 8.96. The quantitative estimate of drug-likeness (QED) is 0.612. The topological polar surface area (TPSA) is 0 Å². The molecule has 2 fully saturated rings. The van der Waals surface area contributed by atoms with Crippen LogP contribution < -0.4 is 0 Å². The number of benzene rings is 1. The van der Waals surface area contributed by atoms with Crippen LogP contribution in [0.15, 0.2) is 18.2 Å². The number of hydrogen-bond acceptors (Lipinski definition) is 0. The molecule has 0 aliphatic heterocycles. The molecular formula is C18H25Cl. The van der Waals surface area contributed by atoms with Crippen molar-refractivity contribution >= 4 is 11.6 Å². The molecule has 1 aromatic rings. The molecule has 19 heavy (non-hydrogen) atoms. The first-order valence-corrected chi connectivity index (χ1v) is 8.11. The monoisotopic (exact) mass is 276 g/mol. The van der Waals surface area contributed by atoms with Crippen molar-refractivity contribution in [2.75, 3.05) is 0 Å². The molecule has 2 aliphatic rings. The molecule has 0 heterocycles. The molecule has 0 saturated heterocycles. The Morgan fingerprint density at radius 3 is 2.32 bits per heavy atom. The third kappa shape index (κ3) is 2.57. The molecule has 2 atom stereocenters. The standard InChI is InChI=1S/C18H25Cl/c1-12-6-14-8-15(7-12)11-18(3,10-14)16-5-4-13(2)17(19)9-16/h4-5,9,12,14-15H,6-8,10-11H2,1-3H3. The second-order valence-corrected chi connectivity index (χ2v) is 7.88. The number of fused-ring (bicyclic) bond motifs is 2. The fourth-order valence-electron chi connectivity index (χ4n) is 4.79. The molecule has 2 saturated carbocycles. The van der Waals surface area contributed by atoms with Gasteiger partial charge in [-0.2, -0.15) is 0 Å². The van der Waals surface area contributed by atoms with Crippen LogP contribution in [0.3, 0.4) is 0 Å². The highest BCUT2D eigenvalue weighted by Crippen LogP contribution is 2.51. The van der Waals surface area contributed by atoms with Gasteiger partial charge in [-0.1, -0.05) is 37.6 Å². The summed E-state index contributed by atoms with van der Waals surface area (Å²) in [6.45, 7) is 6.99. The van der Waals surface area contributed by atoms with E-state index in [0.29, 0.717) is 5.41 Å². The molecule has 0 amide bonds. The van der Waals surface area contributed by atoms with E-state index in [0.717, 1.165) is 22.8 Å². The van der Waals surface area contributed by atoms with Crippen molar-refractivity contribution in [3.63, 3.8) is 0 Å². The SMILES string of the molecule is Cc1ccc(C2(C)CC3CC(C)CC(C3)C2)cc1Cl. The van der Waals surface area contributed by atoms with Gasteiger partial charge in [0, 0.05) is 5.02 Å². The fraction of sp³-hybridized carbons (Fsp3) is 0.667. The molecule has 0 N–H and O–H groups in total. The molecule has 0 spiro atoms. The predicted octanol–water partition coefficient (Wildman–Crippen LogP) is 5.75. The first-order valence-electron chi connectivity index (χ1n) is 7.73. The highest BCUT2D eigenvalue weighted by atomic mass is 35.5. The fourth-order valence-corrected chi connectivity index (χ4v) is 4.97. The Kier molecular flexibility index (Phi) is 3.41. The summed E-state index contributed by atoms with van der Waals surface area (Å²) >= 11 is 6.34. The van der Waals surface area contributed by atoms with Crippen molar-refractivity contribution in [2.45, 2.75) is 58.3 Å². The maximum Gasteiger partial charge on any atom is 0.0438 e. The lowest BCUT2D eigenvalue weighted by molar-refractivity contribution is 0.0899. The third-order valence-corrected chi connectivity index (χ3v) is 5.89. The zero-order valence-electron chi connectivity index (χ0n) is 12.4. The average molecular weight is 277 g/mol. The Morgan fingerprint density at radius 2 is 1.74 bits per heavy atom. The van der Waals surface area contributed by atoms with Gasteiger partial charge in [-0.25, -0.2) is 0 Å². The highest BCUT2D eigenvalue weighted by molar-refractivity contribution is 6.31. The van der Waals surface area contributed by atoms with Gasteiger partial charge < -0.3 is 0 Å². The lowest BCUT2D eigenvalue weighted by atomic mass is 9.57. The molecule has 2 aliphatic carbocycles. The summed E-state index contributed by atoms with van der Waals surface area (Å²) in [6, 6.07) is 6.73. The summed E-state index contributed by atoms with van der Waals surface area (Å²) in [5, 5.41) is 0.933. The predicted molar refractivity (Wildman–Crippen MR) is 82.8 cm³/mol. The molecule has 2 bridgehead atoms. The van der Waals surface area contributed by atoms with E-state index >= 15 is 0 Å². The van der Waals surface area contributed by atoms with E-state index in [1.807, 2.05) is 0 Å². The van der Waals surface area contributed by atoms with E-state index in [9.17, 15) is 0 Å². The zero-order chi connectivity index (χ0) is 13.6. The van der Waals surface area contributed by atoms with Gasteiger partial charge in [-0.3, -0.25) is 0 Å². The summed E-state index contributed by atoms with van der Waals surface area (Å²) in [5.74, 6) is 2.81. The lowest BCUT2D eigenvalue weighted by Gasteiger charge is -2.47. The largest absolute Gasteiger partial charge is 0.0840 e. The van der Waals surface area contributed by atoms with Crippen LogP contribution in [0.4, 0.5) is 0 Å². The maximum absolute atomic E-state index is 6.34. The van der Waals surface area contributed by atoms with E-state index < -0.39 is 0 Å². The molecule has 1 heteroatoms.